The van der Waals surface area contributed by atoms with E-state index in [0.717, 1.165) is 28.1 Å². The van der Waals surface area contributed by atoms with Gasteiger partial charge in [-0.1, -0.05) is 140 Å². The predicted octanol–water partition coefficient (Wildman–Crippen LogP) is 11.0. The van der Waals surface area contributed by atoms with E-state index in [9.17, 15) is 0 Å². The van der Waals surface area contributed by atoms with Crippen LogP contribution in [0.5, 0.6) is 0 Å². The third-order valence-corrected chi connectivity index (χ3v) is 10.7. The molecule has 1 aromatic heterocycles. The van der Waals surface area contributed by atoms with Gasteiger partial charge in [0, 0.05) is 33.9 Å². The molecule has 2 aliphatic carbocycles. The standard InChI is InChI=1S/C48H33N3/c49-44-21-11-8-19-39(44)45-28-25-33(31-50-45)32-23-26-36(27-24-32)51-46-22-12-9-18-38(46)41-29-43-40(30-47(41)51)37-17-7-10-20-42(37)48(43,34-13-3-1-4-14-34)35-15-5-2-6-16-35/h1-31,49-50H/b45-39-,49-44?. The SMILES string of the molecule is N=C1C=CC=C/C1=C1\C=CC(c2ccc(-n3c4ccccc4c4cc5c(cc43)-c3ccccc3C5(c3ccccc3)c3ccccc3)cc2)=CN1. The summed E-state index contributed by atoms with van der Waals surface area (Å²) in [6.07, 6.45) is 13.9. The van der Waals surface area contributed by atoms with Crippen molar-refractivity contribution in [2.45, 2.75) is 5.41 Å². The summed E-state index contributed by atoms with van der Waals surface area (Å²) >= 11 is 0. The Morgan fingerprint density at radius 1 is 0.529 bits per heavy atom. The number of rotatable bonds is 4. The second-order valence-electron chi connectivity index (χ2n) is 13.4. The number of para-hydroxylation sites is 1. The van der Waals surface area contributed by atoms with Gasteiger partial charge >= 0.3 is 0 Å². The van der Waals surface area contributed by atoms with Crippen molar-refractivity contribution in [1.82, 2.24) is 9.88 Å². The summed E-state index contributed by atoms with van der Waals surface area (Å²) in [6, 6.07) is 53.5. The van der Waals surface area contributed by atoms with Crippen LogP contribution < -0.4 is 5.32 Å². The molecule has 0 saturated carbocycles. The number of hydrogen-bond donors (Lipinski definition) is 2. The fraction of sp³-hybridized carbons (Fsp3) is 0.0208. The lowest BCUT2D eigenvalue weighted by Gasteiger charge is -2.33. The van der Waals surface area contributed by atoms with E-state index in [1.807, 2.05) is 30.5 Å². The highest BCUT2D eigenvalue weighted by Crippen LogP contribution is 2.57. The van der Waals surface area contributed by atoms with Crippen LogP contribution in [0.1, 0.15) is 27.8 Å². The van der Waals surface area contributed by atoms with Gasteiger partial charge in [-0.2, -0.15) is 0 Å². The van der Waals surface area contributed by atoms with Crippen LogP contribution in [0, 0.1) is 5.41 Å². The van der Waals surface area contributed by atoms with E-state index in [2.05, 4.69) is 168 Å². The van der Waals surface area contributed by atoms with E-state index in [1.54, 1.807) is 0 Å². The molecule has 0 bridgehead atoms. The fourth-order valence-electron chi connectivity index (χ4n) is 8.47. The van der Waals surface area contributed by atoms with Crippen molar-refractivity contribution in [3.05, 3.63) is 227 Å². The normalized spacial score (nSPS) is 17.0. The van der Waals surface area contributed by atoms with Crippen LogP contribution in [0.15, 0.2) is 200 Å². The van der Waals surface area contributed by atoms with E-state index in [1.165, 1.54) is 55.2 Å². The lowest BCUT2D eigenvalue weighted by atomic mass is 9.67. The van der Waals surface area contributed by atoms with Crippen molar-refractivity contribution in [3.8, 4) is 16.8 Å². The molecule has 0 spiro atoms. The summed E-state index contributed by atoms with van der Waals surface area (Å²) in [6.45, 7) is 0. The molecule has 0 fully saturated rings. The Hall–Kier alpha value is -6.71. The largest absolute Gasteiger partial charge is 0.361 e. The maximum Gasteiger partial charge on any atom is 0.0713 e. The highest BCUT2D eigenvalue weighted by molar-refractivity contribution is 6.12. The third kappa shape index (κ3) is 4.35. The van der Waals surface area contributed by atoms with Crippen LogP contribution in [0.3, 0.4) is 0 Å². The number of fused-ring (bicyclic) bond motifs is 6. The monoisotopic (exact) mass is 651 g/mol. The third-order valence-electron chi connectivity index (χ3n) is 10.7. The number of nitrogens with zero attached hydrogens (tertiary/aromatic N) is 1. The van der Waals surface area contributed by atoms with Gasteiger partial charge in [-0.25, -0.2) is 0 Å². The summed E-state index contributed by atoms with van der Waals surface area (Å²) in [7, 11) is 0. The molecule has 6 aromatic carbocycles. The van der Waals surface area contributed by atoms with E-state index in [4.69, 9.17) is 5.41 Å². The zero-order valence-corrected chi connectivity index (χ0v) is 27.8. The quantitative estimate of drug-likeness (QED) is 0.195. The highest BCUT2D eigenvalue weighted by atomic mass is 15.0. The molecule has 0 saturated heterocycles. The van der Waals surface area contributed by atoms with Crippen molar-refractivity contribution in [3.63, 3.8) is 0 Å². The number of nitrogens with one attached hydrogen (secondary N) is 2. The summed E-state index contributed by atoms with van der Waals surface area (Å²) in [5.41, 5.74) is 15.4. The Morgan fingerprint density at radius 2 is 1.22 bits per heavy atom. The van der Waals surface area contributed by atoms with Gasteiger partial charge in [0.2, 0.25) is 0 Å². The Balaban J connectivity index is 1.14. The van der Waals surface area contributed by atoms with E-state index < -0.39 is 5.41 Å². The summed E-state index contributed by atoms with van der Waals surface area (Å²) < 4.78 is 2.42. The summed E-state index contributed by atoms with van der Waals surface area (Å²) in [5.74, 6) is 0. The summed E-state index contributed by atoms with van der Waals surface area (Å²) in [4.78, 5) is 0. The minimum absolute atomic E-state index is 0.442. The van der Waals surface area contributed by atoms with E-state index in [0.29, 0.717) is 5.71 Å². The van der Waals surface area contributed by atoms with E-state index >= 15 is 0 Å². The zero-order valence-electron chi connectivity index (χ0n) is 27.8. The molecule has 2 N–H and O–H groups in total. The van der Waals surface area contributed by atoms with Crippen molar-refractivity contribution in [2.24, 2.45) is 0 Å². The average molecular weight is 652 g/mol. The predicted molar refractivity (Wildman–Crippen MR) is 211 cm³/mol. The van der Waals surface area contributed by atoms with Crippen molar-refractivity contribution in [2.75, 3.05) is 0 Å². The highest BCUT2D eigenvalue weighted by Gasteiger charge is 2.46. The first kappa shape index (κ1) is 29.2. The lowest BCUT2D eigenvalue weighted by Crippen LogP contribution is -2.28. The second-order valence-corrected chi connectivity index (χ2v) is 13.4. The summed E-state index contributed by atoms with van der Waals surface area (Å²) in [5, 5.41) is 14.2. The van der Waals surface area contributed by atoms with Crippen molar-refractivity contribution >= 4 is 33.1 Å². The number of aromatic nitrogens is 1. The minimum atomic E-state index is -0.442. The van der Waals surface area contributed by atoms with Gasteiger partial charge in [-0.3, -0.25) is 0 Å². The molecular weight excluding hydrogens is 619 g/mol. The van der Waals surface area contributed by atoms with Crippen molar-refractivity contribution < 1.29 is 0 Å². The molecule has 3 nitrogen and oxygen atoms in total. The van der Waals surface area contributed by atoms with E-state index in [-0.39, 0.29) is 0 Å². The molecule has 51 heavy (non-hydrogen) atoms. The maximum atomic E-state index is 8.29. The lowest BCUT2D eigenvalue weighted by molar-refractivity contribution is 0.769. The molecule has 10 rings (SSSR count). The molecule has 0 unspecified atom stereocenters. The van der Waals surface area contributed by atoms with Crippen LogP contribution in [0.25, 0.3) is 44.2 Å². The first-order valence-corrected chi connectivity index (χ1v) is 17.4. The van der Waals surface area contributed by atoms with Crippen LogP contribution in [-0.2, 0) is 5.41 Å². The molecule has 7 aromatic rings. The second kappa shape index (κ2) is 11.4. The molecule has 1 aliphatic heterocycles. The van der Waals surface area contributed by atoms with Crippen LogP contribution >= 0.6 is 0 Å². The van der Waals surface area contributed by atoms with Gasteiger partial charge in [0.1, 0.15) is 0 Å². The number of dihydropyridines is 1. The Labute approximate surface area is 297 Å². The molecule has 0 radical (unpaired) electrons. The number of benzene rings is 6. The number of allylic oxidation sites excluding steroid dienone is 8. The van der Waals surface area contributed by atoms with Gasteiger partial charge in [0.25, 0.3) is 0 Å². The van der Waals surface area contributed by atoms with Crippen molar-refractivity contribution in [1.29, 1.82) is 5.41 Å². The zero-order chi connectivity index (χ0) is 33.9. The fourth-order valence-corrected chi connectivity index (χ4v) is 8.47. The topological polar surface area (TPSA) is 40.8 Å². The van der Waals surface area contributed by atoms with Gasteiger partial charge in [-0.15, -0.1) is 0 Å². The molecule has 0 amide bonds. The Kier molecular flexibility index (Phi) is 6.55. The average Bonchev–Trinajstić information content (AvgIpc) is 3.68. The molecule has 2 heterocycles. The molecule has 3 heteroatoms. The molecular formula is C48H33N3. The smallest absolute Gasteiger partial charge is 0.0713 e. The maximum absolute atomic E-state index is 8.29. The minimum Gasteiger partial charge on any atom is -0.361 e. The first-order valence-electron chi connectivity index (χ1n) is 17.4. The van der Waals surface area contributed by atoms with Crippen LogP contribution in [0.4, 0.5) is 0 Å². The molecule has 3 aliphatic rings. The Bertz CT molecular complexity index is 2660. The van der Waals surface area contributed by atoms with Gasteiger partial charge < -0.3 is 15.3 Å². The van der Waals surface area contributed by atoms with Crippen LogP contribution in [-0.4, -0.2) is 10.3 Å². The molecule has 0 atom stereocenters. The van der Waals surface area contributed by atoms with Gasteiger partial charge in [-0.05, 0) is 87.0 Å². The van der Waals surface area contributed by atoms with Gasteiger partial charge in [0.15, 0.2) is 0 Å². The molecule has 240 valence electrons. The van der Waals surface area contributed by atoms with Gasteiger partial charge in [0.05, 0.1) is 22.2 Å². The number of hydrogen-bond acceptors (Lipinski definition) is 2. The Morgan fingerprint density at radius 3 is 1.94 bits per heavy atom. The first-order chi connectivity index (χ1) is 25.2. The van der Waals surface area contributed by atoms with Crippen LogP contribution in [0.2, 0.25) is 0 Å².